The van der Waals surface area contributed by atoms with Gasteiger partial charge in [-0.3, -0.25) is 0 Å². The maximum absolute atomic E-state index is 5.19. The molecule has 0 nitrogen and oxygen atoms in total. The van der Waals surface area contributed by atoms with Crippen molar-refractivity contribution in [1.82, 2.24) is 0 Å². The predicted molar refractivity (Wildman–Crippen MR) is 55.7 cm³/mol. The van der Waals surface area contributed by atoms with Crippen LogP contribution >= 0.6 is 0 Å². The van der Waals surface area contributed by atoms with Crippen LogP contribution in [0.3, 0.4) is 0 Å². The molecule has 0 unspecified atom stereocenters. The highest BCUT2D eigenvalue weighted by Crippen LogP contribution is 1.88. The third-order valence-electron chi connectivity index (χ3n) is 1.20. The van der Waals surface area contributed by atoms with E-state index in [0.29, 0.717) is 0 Å². The molecule has 63 valence electrons. The minimum atomic E-state index is 0.826. The molecular formula is C12H15. The molecule has 0 N–H and O–H groups in total. The molecule has 0 aliphatic rings. The van der Waals surface area contributed by atoms with Crippen molar-refractivity contribution in [3.63, 3.8) is 0 Å². The largest absolute Gasteiger partial charge is 0.0991 e. The van der Waals surface area contributed by atoms with Gasteiger partial charge in [-0.2, -0.15) is 0 Å². The van der Waals surface area contributed by atoms with Crippen molar-refractivity contribution in [2.45, 2.75) is 12.8 Å². The summed E-state index contributed by atoms with van der Waals surface area (Å²) in [5, 5.41) is 0. The molecule has 0 aromatic rings. The number of allylic oxidation sites excluding steroid dienone is 8. The lowest BCUT2D eigenvalue weighted by atomic mass is 10.3. The van der Waals surface area contributed by atoms with Crippen LogP contribution in [0.4, 0.5) is 0 Å². The summed E-state index contributed by atoms with van der Waals surface area (Å²) in [6.45, 7) is 8.76. The van der Waals surface area contributed by atoms with Crippen LogP contribution < -0.4 is 0 Å². The van der Waals surface area contributed by atoms with Gasteiger partial charge in [0.25, 0.3) is 0 Å². The molecule has 0 amide bonds. The Kier molecular flexibility index (Phi) is 8.65. The quantitative estimate of drug-likeness (QED) is 0.519. The maximum atomic E-state index is 5.19. The highest BCUT2D eigenvalue weighted by atomic mass is 13.7. The fourth-order valence-corrected chi connectivity index (χ4v) is 0.646. The third kappa shape index (κ3) is 8.70. The van der Waals surface area contributed by atoms with Crippen molar-refractivity contribution in [2.75, 3.05) is 0 Å². The van der Waals surface area contributed by atoms with E-state index in [1.165, 1.54) is 0 Å². The van der Waals surface area contributed by atoms with Gasteiger partial charge in [-0.25, -0.2) is 0 Å². The van der Waals surface area contributed by atoms with E-state index in [1.54, 1.807) is 12.2 Å². The number of hydrogen-bond acceptors (Lipinski definition) is 0. The fourth-order valence-electron chi connectivity index (χ4n) is 0.646. The summed E-state index contributed by atoms with van der Waals surface area (Å²) in [5.74, 6) is 0. The topological polar surface area (TPSA) is 0 Å². The van der Waals surface area contributed by atoms with Crippen LogP contribution in [-0.4, -0.2) is 0 Å². The average molecular weight is 159 g/mol. The molecule has 0 aliphatic heterocycles. The molecule has 12 heavy (non-hydrogen) atoms. The zero-order valence-electron chi connectivity index (χ0n) is 7.32. The van der Waals surface area contributed by atoms with E-state index in [2.05, 4.69) is 12.7 Å². The molecule has 1 radical (unpaired) electrons. The first-order valence-electron chi connectivity index (χ1n) is 4.04. The smallest absolute Gasteiger partial charge is 0.0163 e. The lowest BCUT2D eigenvalue weighted by Crippen LogP contribution is -1.57. The molecule has 0 fully saturated rings. The van der Waals surface area contributed by atoms with Crippen molar-refractivity contribution in [1.29, 1.82) is 0 Å². The van der Waals surface area contributed by atoms with Crippen LogP contribution in [0.1, 0.15) is 12.8 Å². The Balaban J connectivity index is 3.42. The summed E-state index contributed by atoms with van der Waals surface area (Å²) in [5.41, 5.74) is 0. The van der Waals surface area contributed by atoms with Crippen molar-refractivity contribution < 1.29 is 0 Å². The molecule has 0 aromatic heterocycles. The Bertz CT molecular complexity index is 192. The molecule has 0 atom stereocenters. The zero-order valence-corrected chi connectivity index (χ0v) is 7.32. The molecule has 0 saturated heterocycles. The maximum Gasteiger partial charge on any atom is -0.0163 e. The Morgan fingerprint density at radius 3 is 2.08 bits per heavy atom. The second-order valence-corrected chi connectivity index (χ2v) is 2.23. The Hall–Kier alpha value is -1.30. The monoisotopic (exact) mass is 159 g/mol. The molecule has 0 saturated carbocycles. The van der Waals surface area contributed by atoms with Crippen LogP contribution in [0.5, 0.6) is 0 Å². The summed E-state index contributed by atoms with van der Waals surface area (Å²) in [6, 6.07) is 0. The second-order valence-electron chi connectivity index (χ2n) is 2.23. The minimum Gasteiger partial charge on any atom is -0.0991 e. The van der Waals surface area contributed by atoms with Crippen molar-refractivity contribution in [2.24, 2.45) is 0 Å². The molecule has 0 heteroatoms. The van der Waals surface area contributed by atoms with Crippen LogP contribution in [0, 0.1) is 6.58 Å². The zero-order chi connectivity index (χ0) is 9.07. The van der Waals surface area contributed by atoms with E-state index < -0.39 is 0 Å². The highest BCUT2D eigenvalue weighted by Gasteiger charge is 1.67. The first-order chi connectivity index (χ1) is 5.91. The minimum absolute atomic E-state index is 0.826. The van der Waals surface area contributed by atoms with E-state index in [1.807, 2.05) is 30.4 Å². The Morgan fingerprint density at radius 1 is 0.917 bits per heavy atom. The standard InChI is InChI=1S/C12H15/c1-3-5-7-9-11-12-10-8-6-4-2/h1,3-4,6-9,11-12H,2,5,10H2/b3-1?,8-6+,9-7+,12-11+. The molecule has 0 heterocycles. The van der Waals surface area contributed by atoms with Gasteiger partial charge in [0.15, 0.2) is 0 Å². The van der Waals surface area contributed by atoms with Gasteiger partial charge in [0.1, 0.15) is 0 Å². The van der Waals surface area contributed by atoms with Gasteiger partial charge in [0.05, 0.1) is 0 Å². The van der Waals surface area contributed by atoms with Crippen LogP contribution in [0.25, 0.3) is 0 Å². The lowest BCUT2D eigenvalue weighted by Gasteiger charge is -1.78. The summed E-state index contributed by atoms with van der Waals surface area (Å²) in [7, 11) is 0. The highest BCUT2D eigenvalue weighted by molar-refractivity contribution is 5.07. The van der Waals surface area contributed by atoms with Crippen LogP contribution in [0.2, 0.25) is 0 Å². The molecule has 0 aromatic carbocycles. The van der Waals surface area contributed by atoms with Gasteiger partial charge < -0.3 is 0 Å². The van der Waals surface area contributed by atoms with Gasteiger partial charge in [0.2, 0.25) is 0 Å². The summed E-state index contributed by atoms with van der Waals surface area (Å²) < 4.78 is 0. The Labute approximate surface area is 75.3 Å². The summed E-state index contributed by atoms with van der Waals surface area (Å²) in [6.07, 6.45) is 17.2. The average Bonchev–Trinajstić information content (AvgIpc) is 2.10. The van der Waals surface area contributed by atoms with Gasteiger partial charge in [-0.1, -0.05) is 61.8 Å². The van der Waals surface area contributed by atoms with Crippen LogP contribution in [-0.2, 0) is 0 Å². The van der Waals surface area contributed by atoms with E-state index in [9.17, 15) is 0 Å². The summed E-state index contributed by atoms with van der Waals surface area (Å²) in [4.78, 5) is 0. The predicted octanol–water partition coefficient (Wildman–Crippen LogP) is 3.61. The number of rotatable bonds is 6. The van der Waals surface area contributed by atoms with E-state index in [0.717, 1.165) is 12.8 Å². The molecule has 0 spiro atoms. The lowest BCUT2D eigenvalue weighted by molar-refractivity contribution is 1.37. The van der Waals surface area contributed by atoms with E-state index in [-0.39, 0.29) is 0 Å². The Morgan fingerprint density at radius 2 is 1.50 bits per heavy atom. The van der Waals surface area contributed by atoms with E-state index in [4.69, 9.17) is 6.58 Å². The SMILES string of the molecule is [CH]=CC/C=C/C=C/C/C=C/C=C. The van der Waals surface area contributed by atoms with E-state index >= 15 is 0 Å². The molecule has 0 rings (SSSR count). The van der Waals surface area contributed by atoms with Gasteiger partial charge in [-0.15, -0.1) is 0 Å². The van der Waals surface area contributed by atoms with Gasteiger partial charge >= 0.3 is 0 Å². The molecular weight excluding hydrogens is 144 g/mol. The fraction of sp³-hybridized carbons (Fsp3) is 0.167. The first-order valence-corrected chi connectivity index (χ1v) is 4.04. The number of hydrogen-bond donors (Lipinski definition) is 0. The van der Waals surface area contributed by atoms with Crippen LogP contribution in [0.15, 0.2) is 55.2 Å². The van der Waals surface area contributed by atoms with Crippen molar-refractivity contribution in [3.05, 3.63) is 61.8 Å². The third-order valence-corrected chi connectivity index (χ3v) is 1.20. The van der Waals surface area contributed by atoms with Gasteiger partial charge in [0, 0.05) is 0 Å². The van der Waals surface area contributed by atoms with Gasteiger partial charge in [-0.05, 0) is 12.8 Å². The summed E-state index contributed by atoms with van der Waals surface area (Å²) >= 11 is 0. The van der Waals surface area contributed by atoms with Crippen molar-refractivity contribution >= 4 is 0 Å². The second kappa shape index (κ2) is 9.70. The molecule has 0 aliphatic carbocycles. The molecule has 0 bridgehead atoms. The van der Waals surface area contributed by atoms with Crippen molar-refractivity contribution in [3.8, 4) is 0 Å². The first kappa shape index (κ1) is 10.7. The normalized spacial score (nSPS) is 11.7.